The summed E-state index contributed by atoms with van der Waals surface area (Å²) in [5.74, 6) is -0.569. The maximum Gasteiger partial charge on any atom is 0.245 e. The first kappa shape index (κ1) is 23.2. The van der Waals surface area contributed by atoms with Gasteiger partial charge in [0.15, 0.2) is 0 Å². The van der Waals surface area contributed by atoms with Crippen molar-refractivity contribution >= 4 is 17.5 Å². The maximum atomic E-state index is 12.9. The molecule has 1 heterocycles. The lowest BCUT2D eigenvalue weighted by Gasteiger charge is -2.23. The first-order valence-electron chi connectivity index (χ1n) is 10.5. The molecule has 0 saturated carbocycles. The van der Waals surface area contributed by atoms with Gasteiger partial charge < -0.3 is 20.5 Å². The highest BCUT2D eigenvalue weighted by atomic mass is 16.5. The summed E-state index contributed by atoms with van der Waals surface area (Å²) in [5.41, 5.74) is 9.98. The monoisotopic (exact) mass is 432 g/mol. The first-order chi connectivity index (χ1) is 15.5. The van der Waals surface area contributed by atoms with Crippen LogP contribution < -0.4 is 10.6 Å². The third-order valence-corrected chi connectivity index (χ3v) is 5.13. The molecule has 0 unspecified atom stereocenters. The number of primary amides is 1. The Bertz CT molecular complexity index is 1050. The van der Waals surface area contributed by atoms with Crippen molar-refractivity contribution < 1.29 is 19.4 Å². The Kier molecular flexibility index (Phi) is 8.14. The molecule has 1 aliphatic heterocycles. The summed E-state index contributed by atoms with van der Waals surface area (Å²) in [6, 6.07) is 26.4. The summed E-state index contributed by atoms with van der Waals surface area (Å²) in [7, 11) is 0. The zero-order valence-electron chi connectivity index (χ0n) is 18.1. The van der Waals surface area contributed by atoms with E-state index in [-0.39, 0.29) is 5.91 Å². The van der Waals surface area contributed by atoms with Crippen LogP contribution in [0.25, 0.3) is 11.1 Å². The summed E-state index contributed by atoms with van der Waals surface area (Å²) in [6.07, 6.45) is -0.589. The molecule has 0 radical (unpaired) electrons. The smallest absolute Gasteiger partial charge is 0.245 e. The Morgan fingerprint density at radius 2 is 1.59 bits per heavy atom. The molecule has 4 rings (SSSR count). The summed E-state index contributed by atoms with van der Waals surface area (Å²) >= 11 is 0. The van der Waals surface area contributed by atoms with E-state index in [4.69, 9.17) is 9.84 Å². The molecule has 1 aliphatic rings. The minimum atomic E-state index is -1.01. The number of anilines is 1. The lowest BCUT2D eigenvalue weighted by atomic mass is 9.98. The molecule has 0 saturated heterocycles. The van der Waals surface area contributed by atoms with E-state index in [1.807, 2.05) is 71.6 Å². The summed E-state index contributed by atoms with van der Waals surface area (Å²) < 4.78 is 5.81. The topological polar surface area (TPSA) is 92.9 Å². The van der Waals surface area contributed by atoms with Gasteiger partial charge in [0.2, 0.25) is 11.8 Å². The van der Waals surface area contributed by atoms with Crippen molar-refractivity contribution in [2.24, 2.45) is 5.73 Å². The fraction of sp³-hybridized carbons (Fsp3) is 0.231. The quantitative estimate of drug-likeness (QED) is 0.585. The fourth-order valence-corrected chi connectivity index (χ4v) is 3.43. The van der Waals surface area contributed by atoms with E-state index in [2.05, 4.69) is 17.9 Å². The van der Waals surface area contributed by atoms with Gasteiger partial charge in [-0.3, -0.25) is 9.59 Å². The number of nitrogens with two attached hydrogens (primary N) is 1. The van der Waals surface area contributed by atoms with E-state index in [0.717, 1.165) is 27.9 Å². The normalized spacial score (nSPS) is 13.2. The molecular weight excluding hydrogens is 404 g/mol. The van der Waals surface area contributed by atoms with Crippen molar-refractivity contribution in [3.63, 3.8) is 0 Å². The number of amides is 2. The molecule has 32 heavy (non-hydrogen) atoms. The number of fused-ring (bicyclic) bond motifs is 3. The van der Waals surface area contributed by atoms with Gasteiger partial charge >= 0.3 is 0 Å². The number of aliphatic hydroxyl groups excluding tert-OH is 1. The van der Waals surface area contributed by atoms with Crippen LogP contribution in [0.15, 0.2) is 78.9 Å². The highest BCUT2D eigenvalue weighted by Crippen LogP contribution is 2.36. The standard InChI is InChI=1S/C23H21NO2.C3H7NO2/c25-23-16-19-10-4-5-11-20(19)21-12-6-7-13-22(21)24(23)14-15-26-17-18-8-2-1-3-9-18;1-2(5)3(4)6/h1-13H,14-17H2;2,5H,1H3,(H2,4,6)/t;2-/m.0/s1. The van der Waals surface area contributed by atoms with Gasteiger partial charge in [-0.05, 0) is 29.7 Å². The van der Waals surface area contributed by atoms with Crippen molar-refractivity contribution in [2.45, 2.75) is 26.1 Å². The first-order valence-corrected chi connectivity index (χ1v) is 10.5. The van der Waals surface area contributed by atoms with Gasteiger partial charge in [0.25, 0.3) is 0 Å². The number of para-hydroxylation sites is 1. The number of carbonyl (C=O) groups excluding carboxylic acids is 2. The number of aliphatic hydroxyl groups is 1. The second-order valence-electron chi connectivity index (χ2n) is 7.51. The molecule has 3 aromatic rings. The predicted molar refractivity (Wildman–Crippen MR) is 125 cm³/mol. The molecular formula is C26H28N2O4. The van der Waals surface area contributed by atoms with Crippen molar-refractivity contribution in [3.05, 3.63) is 90.0 Å². The maximum absolute atomic E-state index is 12.9. The molecule has 3 aromatic carbocycles. The van der Waals surface area contributed by atoms with Gasteiger partial charge in [0, 0.05) is 12.1 Å². The summed E-state index contributed by atoms with van der Waals surface area (Å²) in [4.78, 5) is 24.4. The number of benzene rings is 3. The van der Waals surface area contributed by atoms with E-state index in [9.17, 15) is 9.59 Å². The van der Waals surface area contributed by atoms with Crippen LogP contribution in [0.3, 0.4) is 0 Å². The van der Waals surface area contributed by atoms with Crippen LogP contribution in [0, 0.1) is 0 Å². The molecule has 166 valence electrons. The van der Waals surface area contributed by atoms with E-state index in [1.54, 1.807) is 0 Å². The molecule has 0 bridgehead atoms. The summed E-state index contributed by atoms with van der Waals surface area (Å²) in [6.45, 7) is 2.94. The van der Waals surface area contributed by atoms with E-state index < -0.39 is 12.0 Å². The average molecular weight is 433 g/mol. The van der Waals surface area contributed by atoms with Gasteiger partial charge in [0.05, 0.1) is 25.3 Å². The minimum Gasteiger partial charge on any atom is -0.384 e. The minimum absolute atomic E-state index is 0.116. The van der Waals surface area contributed by atoms with Gasteiger partial charge in [-0.25, -0.2) is 0 Å². The highest BCUT2D eigenvalue weighted by Gasteiger charge is 2.24. The van der Waals surface area contributed by atoms with E-state index in [1.165, 1.54) is 6.92 Å². The van der Waals surface area contributed by atoms with Crippen molar-refractivity contribution in [1.29, 1.82) is 0 Å². The Balaban J connectivity index is 0.000000427. The molecule has 0 aromatic heterocycles. The number of carbonyl (C=O) groups is 2. The molecule has 6 nitrogen and oxygen atoms in total. The second-order valence-corrected chi connectivity index (χ2v) is 7.51. The Morgan fingerprint density at radius 3 is 2.28 bits per heavy atom. The molecule has 3 N–H and O–H groups in total. The van der Waals surface area contributed by atoms with Crippen LogP contribution in [0.5, 0.6) is 0 Å². The summed E-state index contributed by atoms with van der Waals surface area (Å²) in [5, 5.41) is 8.16. The average Bonchev–Trinajstić information content (AvgIpc) is 2.92. The van der Waals surface area contributed by atoms with Crippen molar-refractivity contribution in [3.8, 4) is 11.1 Å². The van der Waals surface area contributed by atoms with Crippen LogP contribution in [0.2, 0.25) is 0 Å². The number of nitrogens with zero attached hydrogens (tertiary/aromatic N) is 1. The third kappa shape index (κ3) is 6.03. The lowest BCUT2D eigenvalue weighted by Crippen LogP contribution is -2.34. The molecule has 1 atom stereocenters. The van der Waals surface area contributed by atoms with Crippen LogP contribution in [0.4, 0.5) is 5.69 Å². The molecule has 2 amide bonds. The van der Waals surface area contributed by atoms with Gasteiger partial charge in [0.1, 0.15) is 6.10 Å². The zero-order valence-corrected chi connectivity index (χ0v) is 18.1. The van der Waals surface area contributed by atoms with Crippen molar-refractivity contribution in [1.82, 2.24) is 0 Å². The van der Waals surface area contributed by atoms with Crippen LogP contribution in [-0.2, 0) is 27.4 Å². The van der Waals surface area contributed by atoms with Crippen LogP contribution >= 0.6 is 0 Å². The number of hydrogen-bond donors (Lipinski definition) is 2. The highest BCUT2D eigenvalue weighted by molar-refractivity contribution is 6.02. The lowest BCUT2D eigenvalue weighted by molar-refractivity contribution is -0.125. The Labute approximate surface area is 188 Å². The molecule has 6 heteroatoms. The third-order valence-electron chi connectivity index (χ3n) is 5.13. The fourth-order valence-electron chi connectivity index (χ4n) is 3.43. The van der Waals surface area contributed by atoms with Crippen LogP contribution in [-0.4, -0.2) is 36.2 Å². The number of ether oxygens (including phenoxy) is 1. The number of hydrogen-bond acceptors (Lipinski definition) is 4. The molecule has 0 spiro atoms. The van der Waals surface area contributed by atoms with Gasteiger partial charge in [-0.15, -0.1) is 0 Å². The number of rotatable bonds is 6. The SMILES string of the molecule is C[C@H](O)C(N)=O.O=C1Cc2ccccc2-c2ccccc2N1CCOCc1ccccc1. The van der Waals surface area contributed by atoms with E-state index >= 15 is 0 Å². The zero-order chi connectivity index (χ0) is 22.9. The van der Waals surface area contributed by atoms with E-state index in [0.29, 0.717) is 26.2 Å². The second kappa shape index (κ2) is 11.2. The predicted octanol–water partition coefficient (Wildman–Crippen LogP) is 3.31. The van der Waals surface area contributed by atoms with Gasteiger partial charge in [-0.1, -0.05) is 72.8 Å². The Morgan fingerprint density at radius 1 is 1.00 bits per heavy atom. The molecule has 0 aliphatic carbocycles. The Hall–Kier alpha value is -3.48. The van der Waals surface area contributed by atoms with Crippen molar-refractivity contribution in [2.75, 3.05) is 18.1 Å². The van der Waals surface area contributed by atoms with Gasteiger partial charge in [-0.2, -0.15) is 0 Å². The van der Waals surface area contributed by atoms with Crippen LogP contribution in [0.1, 0.15) is 18.1 Å². The largest absolute Gasteiger partial charge is 0.384 e. The molecule has 0 fully saturated rings.